The molecule has 1 aromatic heterocycles. The molecule has 0 atom stereocenters. The first-order chi connectivity index (χ1) is 13.2. The Morgan fingerprint density at radius 3 is 2.67 bits per heavy atom. The highest BCUT2D eigenvalue weighted by molar-refractivity contribution is 5.95. The number of pyridine rings is 1. The first-order valence-corrected chi connectivity index (χ1v) is 9.04. The fourth-order valence-corrected chi connectivity index (χ4v) is 3.57. The molecule has 1 aliphatic rings. The summed E-state index contributed by atoms with van der Waals surface area (Å²) in [5.74, 6) is -0.0160. The third-order valence-electron chi connectivity index (χ3n) is 5.05. The van der Waals surface area contributed by atoms with Crippen molar-refractivity contribution in [2.24, 2.45) is 5.73 Å². The van der Waals surface area contributed by atoms with Crippen LogP contribution in [-0.4, -0.2) is 22.3 Å². The minimum Gasteiger partial charge on any atom is -0.334 e. The second-order valence-electron chi connectivity index (χ2n) is 6.77. The molecular weight excluding hydrogens is 338 g/mol. The summed E-state index contributed by atoms with van der Waals surface area (Å²) in [5, 5.41) is 0. The molecule has 136 valence electrons. The molecule has 0 aliphatic carbocycles. The van der Waals surface area contributed by atoms with E-state index in [1.54, 1.807) is 11.1 Å². The van der Waals surface area contributed by atoms with Gasteiger partial charge in [0.2, 0.25) is 0 Å². The minimum absolute atomic E-state index is 0.0160. The van der Waals surface area contributed by atoms with Crippen LogP contribution in [0.4, 0.5) is 0 Å². The zero-order valence-corrected chi connectivity index (χ0v) is 14.9. The highest BCUT2D eigenvalue weighted by Gasteiger charge is 2.23. The Bertz CT molecular complexity index is 1060. The van der Waals surface area contributed by atoms with E-state index in [-0.39, 0.29) is 11.5 Å². The molecule has 27 heavy (non-hydrogen) atoms. The van der Waals surface area contributed by atoms with E-state index in [0.717, 1.165) is 27.8 Å². The van der Waals surface area contributed by atoms with Crippen LogP contribution in [0.15, 0.2) is 65.6 Å². The van der Waals surface area contributed by atoms with Crippen molar-refractivity contribution in [3.05, 3.63) is 93.4 Å². The summed E-state index contributed by atoms with van der Waals surface area (Å²) in [7, 11) is 0. The standard InChI is InChI=1S/C22H21N3O2/c23-13-15-3-1-4-16(11-15)17-5-2-6-18(12-17)22(27)25-10-8-20-19(14-25)7-9-24-21(20)26/h1-7,9,11-12H,8,10,13-14,23H2,(H,24,26). The van der Waals surface area contributed by atoms with Crippen LogP contribution in [0.25, 0.3) is 11.1 Å². The normalized spacial score (nSPS) is 13.3. The van der Waals surface area contributed by atoms with Gasteiger partial charge in [-0.05, 0) is 52.9 Å². The van der Waals surface area contributed by atoms with Crippen LogP contribution in [0.3, 0.4) is 0 Å². The SMILES string of the molecule is NCc1cccc(-c2cccc(C(=O)N3CCc4c(cc[nH]c4=O)C3)c2)c1. The maximum absolute atomic E-state index is 13.0. The number of nitrogens with one attached hydrogen (secondary N) is 1. The van der Waals surface area contributed by atoms with Gasteiger partial charge in [0.05, 0.1) is 0 Å². The molecule has 5 nitrogen and oxygen atoms in total. The smallest absolute Gasteiger partial charge is 0.254 e. The number of rotatable bonds is 3. The van der Waals surface area contributed by atoms with Crippen molar-refractivity contribution in [2.45, 2.75) is 19.5 Å². The Hall–Kier alpha value is -3.18. The molecule has 0 saturated carbocycles. The predicted octanol–water partition coefficient (Wildman–Crippen LogP) is 2.70. The van der Waals surface area contributed by atoms with Gasteiger partial charge in [0, 0.05) is 37.0 Å². The third-order valence-corrected chi connectivity index (χ3v) is 5.05. The number of benzene rings is 2. The van der Waals surface area contributed by atoms with Crippen molar-refractivity contribution in [3.63, 3.8) is 0 Å². The van der Waals surface area contributed by atoms with Gasteiger partial charge in [0.1, 0.15) is 0 Å². The Morgan fingerprint density at radius 2 is 1.85 bits per heavy atom. The van der Waals surface area contributed by atoms with Crippen LogP contribution < -0.4 is 11.3 Å². The van der Waals surface area contributed by atoms with Crippen molar-refractivity contribution < 1.29 is 4.79 Å². The summed E-state index contributed by atoms with van der Waals surface area (Å²) >= 11 is 0. The van der Waals surface area contributed by atoms with E-state index in [1.165, 1.54) is 0 Å². The number of aromatic amines is 1. The van der Waals surface area contributed by atoms with Gasteiger partial charge in [-0.1, -0.05) is 30.3 Å². The van der Waals surface area contributed by atoms with E-state index in [4.69, 9.17) is 5.73 Å². The van der Waals surface area contributed by atoms with Crippen molar-refractivity contribution in [2.75, 3.05) is 6.54 Å². The fourth-order valence-electron chi connectivity index (χ4n) is 3.57. The maximum Gasteiger partial charge on any atom is 0.254 e. The number of hydrogen-bond acceptors (Lipinski definition) is 3. The second kappa shape index (κ2) is 7.21. The molecule has 1 aliphatic heterocycles. The molecule has 2 heterocycles. The first-order valence-electron chi connectivity index (χ1n) is 9.04. The fraction of sp³-hybridized carbons (Fsp3) is 0.182. The number of nitrogens with two attached hydrogens (primary N) is 1. The zero-order chi connectivity index (χ0) is 18.8. The Labute approximate surface area is 157 Å². The van der Waals surface area contributed by atoms with Gasteiger partial charge in [-0.15, -0.1) is 0 Å². The molecule has 2 aromatic carbocycles. The number of aromatic nitrogens is 1. The molecular formula is C22H21N3O2. The second-order valence-corrected chi connectivity index (χ2v) is 6.77. The van der Waals surface area contributed by atoms with Gasteiger partial charge in [-0.3, -0.25) is 9.59 Å². The lowest BCUT2D eigenvalue weighted by atomic mass is 9.99. The van der Waals surface area contributed by atoms with Gasteiger partial charge in [-0.2, -0.15) is 0 Å². The summed E-state index contributed by atoms with van der Waals surface area (Å²) in [5.41, 5.74) is 11.1. The topological polar surface area (TPSA) is 79.2 Å². The molecule has 0 radical (unpaired) electrons. The van der Waals surface area contributed by atoms with Crippen molar-refractivity contribution in [3.8, 4) is 11.1 Å². The molecule has 3 aromatic rings. The molecule has 0 bridgehead atoms. The molecule has 1 amide bonds. The number of carbonyl (C=O) groups is 1. The average molecular weight is 359 g/mol. The predicted molar refractivity (Wildman–Crippen MR) is 105 cm³/mol. The summed E-state index contributed by atoms with van der Waals surface area (Å²) in [6.45, 7) is 1.50. The molecule has 4 rings (SSSR count). The highest BCUT2D eigenvalue weighted by atomic mass is 16.2. The first kappa shape index (κ1) is 17.2. The van der Waals surface area contributed by atoms with Gasteiger partial charge < -0.3 is 15.6 Å². The number of nitrogens with zero attached hydrogens (tertiary/aromatic N) is 1. The summed E-state index contributed by atoms with van der Waals surface area (Å²) < 4.78 is 0. The molecule has 5 heteroatoms. The molecule has 0 fully saturated rings. The lowest BCUT2D eigenvalue weighted by molar-refractivity contribution is 0.0734. The Balaban J connectivity index is 1.60. The lowest BCUT2D eigenvalue weighted by Crippen LogP contribution is -2.38. The number of hydrogen-bond donors (Lipinski definition) is 2. The van der Waals surface area contributed by atoms with Crippen LogP contribution in [0.1, 0.15) is 27.0 Å². The molecule has 0 unspecified atom stereocenters. The van der Waals surface area contributed by atoms with Crippen LogP contribution >= 0.6 is 0 Å². The van der Waals surface area contributed by atoms with E-state index in [1.807, 2.05) is 54.6 Å². The minimum atomic E-state index is -0.0543. The monoisotopic (exact) mass is 359 g/mol. The Kier molecular flexibility index (Phi) is 4.60. The number of H-pyrrole nitrogens is 1. The van der Waals surface area contributed by atoms with E-state index in [9.17, 15) is 9.59 Å². The van der Waals surface area contributed by atoms with Crippen LogP contribution in [0.2, 0.25) is 0 Å². The van der Waals surface area contributed by atoms with E-state index in [2.05, 4.69) is 4.98 Å². The Morgan fingerprint density at radius 1 is 1.07 bits per heavy atom. The zero-order valence-electron chi connectivity index (χ0n) is 14.9. The van der Waals surface area contributed by atoms with E-state index < -0.39 is 0 Å². The molecule has 3 N–H and O–H groups in total. The summed E-state index contributed by atoms with van der Waals surface area (Å²) in [6.07, 6.45) is 2.22. The van der Waals surface area contributed by atoms with Gasteiger partial charge >= 0.3 is 0 Å². The van der Waals surface area contributed by atoms with Gasteiger partial charge in [0.25, 0.3) is 11.5 Å². The van der Waals surface area contributed by atoms with Gasteiger partial charge in [-0.25, -0.2) is 0 Å². The van der Waals surface area contributed by atoms with Crippen LogP contribution in [0, 0.1) is 0 Å². The number of amides is 1. The largest absolute Gasteiger partial charge is 0.334 e. The molecule has 0 spiro atoms. The third kappa shape index (κ3) is 3.41. The van der Waals surface area contributed by atoms with Crippen molar-refractivity contribution in [1.82, 2.24) is 9.88 Å². The molecule has 0 saturated heterocycles. The number of fused-ring (bicyclic) bond motifs is 1. The lowest BCUT2D eigenvalue weighted by Gasteiger charge is -2.28. The average Bonchev–Trinajstić information content (AvgIpc) is 2.73. The van der Waals surface area contributed by atoms with Crippen LogP contribution in [-0.2, 0) is 19.5 Å². The summed E-state index contributed by atoms with van der Waals surface area (Å²) in [6, 6.07) is 17.6. The summed E-state index contributed by atoms with van der Waals surface area (Å²) in [4.78, 5) is 29.4. The van der Waals surface area contributed by atoms with Gasteiger partial charge in [0.15, 0.2) is 0 Å². The highest BCUT2D eigenvalue weighted by Crippen LogP contribution is 2.23. The van der Waals surface area contributed by atoms with E-state index in [0.29, 0.717) is 31.6 Å². The quantitative estimate of drug-likeness (QED) is 0.755. The van der Waals surface area contributed by atoms with E-state index >= 15 is 0 Å². The van der Waals surface area contributed by atoms with Crippen molar-refractivity contribution >= 4 is 5.91 Å². The maximum atomic E-state index is 13.0. The van der Waals surface area contributed by atoms with Crippen molar-refractivity contribution in [1.29, 1.82) is 0 Å². The number of carbonyl (C=O) groups excluding carboxylic acids is 1. The van der Waals surface area contributed by atoms with Crippen LogP contribution in [0.5, 0.6) is 0 Å².